The first-order valence-electron chi connectivity index (χ1n) is 10.8. The Hall–Kier alpha value is -3.23. The highest BCUT2D eigenvalue weighted by Gasteiger charge is 2.71. The molecule has 5 rings (SSSR count). The third-order valence-corrected chi connectivity index (χ3v) is 6.91. The van der Waals surface area contributed by atoms with Crippen LogP contribution >= 0.6 is 11.6 Å². The van der Waals surface area contributed by atoms with Crippen molar-refractivity contribution in [3.63, 3.8) is 0 Å². The van der Waals surface area contributed by atoms with Crippen LogP contribution in [-0.4, -0.2) is 42.9 Å². The van der Waals surface area contributed by atoms with Crippen LogP contribution in [0.1, 0.15) is 19.4 Å². The van der Waals surface area contributed by atoms with E-state index in [1.54, 1.807) is 62.4 Å². The number of amides is 3. The van der Waals surface area contributed by atoms with Crippen LogP contribution in [0.3, 0.4) is 0 Å². The summed E-state index contributed by atoms with van der Waals surface area (Å²) >= 11 is 6.11. The molecule has 3 aliphatic rings. The van der Waals surface area contributed by atoms with Gasteiger partial charge in [0.2, 0.25) is 11.8 Å². The van der Waals surface area contributed by atoms with Gasteiger partial charge in [0.1, 0.15) is 12.1 Å². The number of hydrogen-bond donors (Lipinski definition) is 1. The summed E-state index contributed by atoms with van der Waals surface area (Å²) in [5.74, 6) is -3.53. The van der Waals surface area contributed by atoms with Crippen molar-refractivity contribution in [3.8, 4) is 0 Å². The van der Waals surface area contributed by atoms with Gasteiger partial charge in [0.15, 0.2) is 0 Å². The number of fused-ring (bicyclic) bond motifs is 4. The number of halogens is 1. The normalized spacial score (nSPS) is 28.0. The minimum absolute atomic E-state index is 0.190. The summed E-state index contributed by atoms with van der Waals surface area (Å²) < 4.78 is 5.06. The molecule has 0 aliphatic carbocycles. The van der Waals surface area contributed by atoms with Crippen molar-refractivity contribution in [1.29, 1.82) is 0 Å². The van der Waals surface area contributed by atoms with Gasteiger partial charge in [-0.25, -0.2) is 4.90 Å². The molecule has 0 bridgehead atoms. The molecule has 4 atom stereocenters. The van der Waals surface area contributed by atoms with Gasteiger partial charge in [-0.3, -0.25) is 29.4 Å². The number of rotatable bonds is 4. The Morgan fingerprint density at radius 2 is 1.88 bits per heavy atom. The van der Waals surface area contributed by atoms with E-state index in [1.165, 1.54) is 4.90 Å². The zero-order valence-electron chi connectivity index (χ0n) is 18.1. The quantitative estimate of drug-likeness (QED) is 0.547. The Morgan fingerprint density at radius 1 is 1.12 bits per heavy atom. The van der Waals surface area contributed by atoms with Crippen molar-refractivity contribution >= 4 is 46.7 Å². The van der Waals surface area contributed by atoms with Crippen LogP contribution in [-0.2, 0) is 29.5 Å². The monoisotopic (exact) mass is 467 g/mol. The van der Waals surface area contributed by atoms with E-state index < -0.39 is 41.2 Å². The molecule has 3 aliphatic heterocycles. The summed E-state index contributed by atoms with van der Waals surface area (Å²) in [5.41, 5.74) is 0.0224. The van der Waals surface area contributed by atoms with Crippen LogP contribution < -0.4 is 15.1 Å². The molecule has 4 unspecified atom stereocenters. The molecule has 0 saturated carbocycles. The van der Waals surface area contributed by atoms with E-state index in [1.807, 2.05) is 0 Å². The summed E-state index contributed by atoms with van der Waals surface area (Å²) in [4.78, 5) is 55.9. The summed E-state index contributed by atoms with van der Waals surface area (Å²) in [6.45, 7) is 3.40. The van der Waals surface area contributed by atoms with Gasteiger partial charge in [0, 0.05) is 22.3 Å². The Bertz CT molecular complexity index is 1200. The molecule has 1 N–H and O–H groups in total. The maximum Gasteiger partial charge on any atom is 0.326 e. The molecule has 3 amide bonds. The number of benzene rings is 2. The Labute approximate surface area is 195 Å². The number of imide groups is 1. The number of nitrogens with zero attached hydrogens (tertiary/aromatic N) is 2. The summed E-state index contributed by atoms with van der Waals surface area (Å²) in [6.07, 6.45) is 0. The molecule has 2 aromatic carbocycles. The van der Waals surface area contributed by atoms with Crippen molar-refractivity contribution in [1.82, 2.24) is 5.32 Å². The third kappa shape index (κ3) is 2.94. The zero-order chi connectivity index (χ0) is 23.5. The number of anilines is 2. The van der Waals surface area contributed by atoms with Crippen molar-refractivity contribution < 1.29 is 23.9 Å². The van der Waals surface area contributed by atoms with Crippen LogP contribution in [0.4, 0.5) is 11.4 Å². The van der Waals surface area contributed by atoms with E-state index >= 15 is 0 Å². The van der Waals surface area contributed by atoms with Gasteiger partial charge in [0.25, 0.3) is 5.91 Å². The van der Waals surface area contributed by atoms with Gasteiger partial charge in [-0.1, -0.05) is 35.9 Å². The molecule has 0 aromatic heterocycles. The lowest BCUT2D eigenvalue weighted by Gasteiger charge is -2.30. The second kappa shape index (κ2) is 7.67. The van der Waals surface area contributed by atoms with Gasteiger partial charge in [-0.2, -0.15) is 0 Å². The number of hydrogen-bond acceptors (Lipinski definition) is 6. The summed E-state index contributed by atoms with van der Waals surface area (Å²) in [6, 6.07) is 13.1. The molecule has 3 heterocycles. The number of carbonyl (C=O) groups is 4. The van der Waals surface area contributed by atoms with Gasteiger partial charge in [0.05, 0.1) is 24.1 Å². The van der Waals surface area contributed by atoms with E-state index in [0.29, 0.717) is 22.0 Å². The first-order chi connectivity index (χ1) is 15.8. The van der Waals surface area contributed by atoms with Crippen LogP contribution in [0, 0.1) is 11.8 Å². The number of nitrogens with one attached hydrogen (secondary N) is 1. The Kier molecular flexibility index (Phi) is 5.02. The maximum absolute atomic E-state index is 13.9. The van der Waals surface area contributed by atoms with Gasteiger partial charge in [-0.15, -0.1) is 0 Å². The number of ether oxygens (including phenoxy) is 1. The smallest absolute Gasteiger partial charge is 0.326 e. The minimum atomic E-state index is -1.45. The maximum atomic E-state index is 13.9. The van der Waals surface area contributed by atoms with E-state index in [-0.39, 0.29) is 19.1 Å². The second-order valence-electron chi connectivity index (χ2n) is 8.45. The summed E-state index contributed by atoms with van der Waals surface area (Å²) in [7, 11) is 0. The number of para-hydroxylation sites is 1. The Morgan fingerprint density at radius 3 is 2.61 bits per heavy atom. The first kappa shape index (κ1) is 21.6. The fraction of sp³-hybridized carbons (Fsp3) is 0.333. The minimum Gasteiger partial charge on any atom is -0.465 e. The molecule has 8 nitrogen and oxygen atoms in total. The SMILES string of the molecule is CCOC(=O)CN1C(=O)C2(NC(C)C3C(=O)N(c4cccc(Cl)c4)C(=O)C32)c2ccccc21. The van der Waals surface area contributed by atoms with Gasteiger partial charge >= 0.3 is 5.97 Å². The molecule has 0 radical (unpaired) electrons. The van der Waals surface area contributed by atoms with Crippen LogP contribution in [0.2, 0.25) is 5.02 Å². The highest BCUT2D eigenvalue weighted by Crippen LogP contribution is 2.55. The number of esters is 1. The van der Waals surface area contributed by atoms with Gasteiger partial charge < -0.3 is 4.74 Å². The van der Waals surface area contributed by atoms with Crippen LogP contribution in [0.5, 0.6) is 0 Å². The fourth-order valence-corrected chi connectivity index (χ4v) is 5.66. The fourth-order valence-electron chi connectivity index (χ4n) is 5.47. The molecule has 9 heteroatoms. The van der Waals surface area contributed by atoms with E-state index in [2.05, 4.69) is 5.32 Å². The van der Waals surface area contributed by atoms with E-state index in [4.69, 9.17) is 16.3 Å². The van der Waals surface area contributed by atoms with Crippen LogP contribution in [0.15, 0.2) is 48.5 Å². The predicted molar refractivity (Wildman–Crippen MR) is 121 cm³/mol. The molecular formula is C24H22ClN3O5. The molecule has 1 spiro atoms. The highest BCUT2D eigenvalue weighted by atomic mass is 35.5. The third-order valence-electron chi connectivity index (χ3n) is 6.67. The average Bonchev–Trinajstić information content (AvgIpc) is 3.32. The molecule has 33 heavy (non-hydrogen) atoms. The number of carbonyl (C=O) groups excluding carboxylic acids is 4. The lowest BCUT2D eigenvalue weighted by atomic mass is 9.76. The largest absolute Gasteiger partial charge is 0.465 e. The molecule has 2 aromatic rings. The molecule has 2 saturated heterocycles. The highest BCUT2D eigenvalue weighted by molar-refractivity contribution is 6.31. The Balaban J connectivity index is 1.62. The van der Waals surface area contributed by atoms with Crippen molar-refractivity contribution in [2.45, 2.75) is 25.4 Å². The molecule has 170 valence electrons. The first-order valence-corrected chi connectivity index (χ1v) is 11.2. The van der Waals surface area contributed by atoms with Crippen LogP contribution in [0.25, 0.3) is 0 Å². The van der Waals surface area contributed by atoms with Crippen molar-refractivity contribution in [3.05, 3.63) is 59.1 Å². The van der Waals surface area contributed by atoms with Crippen molar-refractivity contribution in [2.75, 3.05) is 23.0 Å². The standard InChI is InChI=1S/C24H22ClN3O5/c1-3-33-18(29)12-27-17-10-5-4-9-16(17)24(23(27)32)20-19(13(2)26-24)21(30)28(22(20)31)15-8-6-7-14(25)11-15/h4-11,13,19-20,26H,3,12H2,1-2H3. The predicted octanol–water partition coefficient (Wildman–Crippen LogP) is 2.24. The van der Waals surface area contributed by atoms with Crippen molar-refractivity contribution in [2.24, 2.45) is 11.8 Å². The zero-order valence-corrected chi connectivity index (χ0v) is 18.8. The topological polar surface area (TPSA) is 96.0 Å². The second-order valence-corrected chi connectivity index (χ2v) is 8.89. The van der Waals surface area contributed by atoms with E-state index in [9.17, 15) is 19.2 Å². The van der Waals surface area contributed by atoms with Gasteiger partial charge in [-0.05, 0) is 38.1 Å². The lowest BCUT2D eigenvalue weighted by molar-refractivity contribution is -0.142. The van der Waals surface area contributed by atoms with E-state index in [0.717, 1.165) is 4.90 Å². The lowest BCUT2D eigenvalue weighted by Crippen LogP contribution is -2.55. The summed E-state index contributed by atoms with van der Waals surface area (Å²) in [5, 5.41) is 3.68. The average molecular weight is 468 g/mol. The molecule has 2 fully saturated rings. The molecular weight excluding hydrogens is 446 g/mol.